The largest absolute Gasteiger partial charge is 0.310 e. The van der Waals surface area contributed by atoms with Gasteiger partial charge in [0.05, 0.1) is 0 Å². The minimum absolute atomic E-state index is 0.167. The quantitative estimate of drug-likeness (QED) is 0.763. The van der Waals surface area contributed by atoms with Crippen molar-refractivity contribution in [3.63, 3.8) is 0 Å². The van der Waals surface area contributed by atoms with E-state index in [4.69, 9.17) is 0 Å². The standard InChI is InChI=1S/C12H11N3O/c1-15(10-6-3-2-4-7-10)12(16)11-8-5-9-13-14-11/h2-9H,1H3. The summed E-state index contributed by atoms with van der Waals surface area (Å²) in [7, 11) is 1.71. The van der Waals surface area contributed by atoms with E-state index in [-0.39, 0.29) is 5.91 Å². The number of anilines is 1. The first-order valence-electron chi connectivity index (χ1n) is 4.90. The minimum Gasteiger partial charge on any atom is -0.310 e. The van der Waals surface area contributed by atoms with Gasteiger partial charge in [-0.2, -0.15) is 5.10 Å². The van der Waals surface area contributed by atoms with E-state index in [1.807, 2.05) is 30.3 Å². The maximum absolute atomic E-state index is 12.0. The predicted molar refractivity (Wildman–Crippen MR) is 61.2 cm³/mol. The van der Waals surface area contributed by atoms with E-state index < -0.39 is 0 Å². The van der Waals surface area contributed by atoms with Gasteiger partial charge in [0.1, 0.15) is 0 Å². The zero-order chi connectivity index (χ0) is 11.4. The number of para-hydroxylation sites is 1. The first-order valence-corrected chi connectivity index (χ1v) is 4.90. The molecule has 1 amide bonds. The van der Waals surface area contributed by atoms with Gasteiger partial charge in [0.15, 0.2) is 5.69 Å². The molecule has 2 rings (SSSR count). The van der Waals surface area contributed by atoms with E-state index in [1.54, 1.807) is 30.3 Å². The lowest BCUT2D eigenvalue weighted by atomic mass is 10.2. The number of amides is 1. The fourth-order valence-corrected chi connectivity index (χ4v) is 1.36. The lowest BCUT2D eigenvalue weighted by Gasteiger charge is -2.15. The average molecular weight is 213 g/mol. The molecule has 0 aliphatic heterocycles. The molecular formula is C12H11N3O. The van der Waals surface area contributed by atoms with Gasteiger partial charge in [-0.15, -0.1) is 5.10 Å². The van der Waals surface area contributed by atoms with Crippen molar-refractivity contribution in [1.82, 2.24) is 10.2 Å². The molecule has 16 heavy (non-hydrogen) atoms. The van der Waals surface area contributed by atoms with Gasteiger partial charge in [-0.25, -0.2) is 0 Å². The van der Waals surface area contributed by atoms with Crippen LogP contribution < -0.4 is 4.90 Å². The minimum atomic E-state index is -0.167. The van der Waals surface area contributed by atoms with Crippen LogP contribution in [0.25, 0.3) is 0 Å². The van der Waals surface area contributed by atoms with Crippen LogP contribution in [0.2, 0.25) is 0 Å². The van der Waals surface area contributed by atoms with Crippen molar-refractivity contribution in [1.29, 1.82) is 0 Å². The predicted octanol–water partition coefficient (Wildman–Crippen LogP) is 1.75. The molecule has 80 valence electrons. The van der Waals surface area contributed by atoms with Crippen LogP contribution in [0.15, 0.2) is 48.7 Å². The molecule has 0 saturated carbocycles. The van der Waals surface area contributed by atoms with Gasteiger partial charge in [0, 0.05) is 18.9 Å². The van der Waals surface area contributed by atoms with Crippen LogP contribution >= 0.6 is 0 Å². The highest BCUT2D eigenvalue weighted by atomic mass is 16.2. The number of carbonyl (C=O) groups is 1. The van der Waals surface area contributed by atoms with Crippen molar-refractivity contribution in [2.45, 2.75) is 0 Å². The summed E-state index contributed by atoms with van der Waals surface area (Å²) in [6.45, 7) is 0. The van der Waals surface area contributed by atoms with Crippen molar-refractivity contribution in [3.05, 3.63) is 54.4 Å². The van der Waals surface area contributed by atoms with Crippen molar-refractivity contribution in [2.24, 2.45) is 0 Å². The Morgan fingerprint density at radius 3 is 2.50 bits per heavy atom. The summed E-state index contributed by atoms with van der Waals surface area (Å²) in [5, 5.41) is 7.47. The van der Waals surface area contributed by atoms with Crippen LogP contribution in [0.1, 0.15) is 10.5 Å². The van der Waals surface area contributed by atoms with E-state index >= 15 is 0 Å². The van der Waals surface area contributed by atoms with Gasteiger partial charge >= 0.3 is 0 Å². The van der Waals surface area contributed by atoms with Gasteiger partial charge in [-0.3, -0.25) is 4.79 Å². The Morgan fingerprint density at radius 1 is 1.12 bits per heavy atom. The van der Waals surface area contributed by atoms with Crippen molar-refractivity contribution < 1.29 is 4.79 Å². The SMILES string of the molecule is CN(C(=O)c1cccnn1)c1ccccc1. The molecule has 0 fully saturated rings. The van der Waals surface area contributed by atoms with E-state index in [1.165, 1.54) is 0 Å². The number of hydrogen-bond acceptors (Lipinski definition) is 3. The molecule has 0 spiro atoms. The highest BCUT2D eigenvalue weighted by molar-refractivity contribution is 6.04. The zero-order valence-electron chi connectivity index (χ0n) is 8.87. The van der Waals surface area contributed by atoms with Crippen LogP contribution in [0.5, 0.6) is 0 Å². The van der Waals surface area contributed by atoms with E-state index in [9.17, 15) is 4.79 Å². The van der Waals surface area contributed by atoms with Crippen molar-refractivity contribution in [3.8, 4) is 0 Å². The summed E-state index contributed by atoms with van der Waals surface area (Å²) in [4.78, 5) is 13.5. The summed E-state index contributed by atoms with van der Waals surface area (Å²) in [6.07, 6.45) is 1.54. The zero-order valence-corrected chi connectivity index (χ0v) is 8.87. The summed E-state index contributed by atoms with van der Waals surface area (Å²) in [5.74, 6) is -0.167. The third kappa shape index (κ3) is 2.06. The van der Waals surface area contributed by atoms with E-state index in [2.05, 4.69) is 10.2 Å². The Bertz CT molecular complexity index is 470. The number of nitrogens with zero attached hydrogens (tertiary/aromatic N) is 3. The summed E-state index contributed by atoms with van der Waals surface area (Å²) >= 11 is 0. The van der Waals surface area contributed by atoms with Crippen LogP contribution in [0, 0.1) is 0 Å². The molecule has 0 N–H and O–H groups in total. The molecule has 1 aromatic carbocycles. The summed E-state index contributed by atoms with van der Waals surface area (Å²) in [5.41, 5.74) is 1.17. The lowest BCUT2D eigenvalue weighted by molar-refractivity contribution is 0.0987. The van der Waals surface area contributed by atoms with Gasteiger partial charge in [0.2, 0.25) is 0 Å². The molecule has 0 saturated heterocycles. The molecule has 0 radical (unpaired) electrons. The maximum atomic E-state index is 12.0. The lowest BCUT2D eigenvalue weighted by Crippen LogP contribution is -2.27. The van der Waals surface area contributed by atoms with Crippen LogP contribution in [0.4, 0.5) is 5.69 Å². The molecule has 0 aliphatic carbocycles. The third-order valence-corrected chi connectivity index (χ3v) is 2.24. The first-order chi connectivity index (χ1) is 7.79. The Balaban J connectivity index is 2.24. The first kappa shape index (κ1) is 10.3. The highest BCUT2D eigenvalue weighted by Gasteiger charge is 2.14. The summed E-state index contributed by atoms with van der Waals surface area (Å²) < 4.78 is 0. The van der Waals surface area contributed by atoms with Gasteiger partial charge in [-0.1, -0.05) is 18.2 Å². The smallest absolute Gasteiger partial charge is 0.278 e. The Morgan fingerprint density at radius 2 is 1.88 bits per heavy atom. The van der Waals surface area contributed by atoms with Gasteiger partial charge in [-0.05, 0) is 24.3 Å². The normalized spacial score (nSPS) is 9.81. The number of carbonyl (C=O) groups excluding carboxylic acids is 1. The molecule has 1 aromatic heterocycles. The van der Waals surface area contributed by atoms with Crippen LogP contribution in [0.3, 0.4) is 0 Å². The summed E-state index contributed by atoms with van der Waals surface area (Å²) in [6, 6.07) is 12.8. The second kappa shape index (κ2) is 4.53. The molecule has 0 unspecified atom stereocenters. The molecular weight excluding hydrogens is 202 g/mol. The monoisotopic (exact) mass is 213 g/mol. The van der Waals surface area contributed by atoms with Gasteiger partial charge in [0.25, 0.3) is 5.91 Å². The van der Waals surface area contributed by atoms with Crippen molar-refractivity contribution >= 4 is 11.6 Å². The van der Waals surface area contributed by atoms with Crippen LogP contribution in [-0.2, 0) is 0 Å². The topological polar surface area (TPSA) is 46.1 Å². The number of rotatable bonds is 2. The fraction of sp³-hybridized carbons (Fsp3) is 0.0833. The Kier molecular flexibility index (Phi) is 2.91. The Labute approximate surface area is 93.5 Å². The second-order valence-corrected chi connectivity index (χ2v) is 3.31. The molecule has 2 aromatic rings. The van der Waals surface area contributed by atoms with E-state index in [0.717, 1.165) is 5.69 Å². The highest BCUT2D eigenvalue weighted by Crippen LogP contribution is 2.13. The maximum Gasteiger partial charge on any atom is 0.278 e. The fourth-order valence-electron chi connectivity index (χ4n) is 1.36. The number of hydrogen-bond donors (Lipinski definition) is 0. The molecule has 0 atom stereocenters. The molecule has 1 heterocycles. The second-order valence-electron chi connectivity index (χ2n) is 3.31. The number of aromatic nitrogens is 2. The number of benzene rings is 1. The van der Waals surface area contributed by atoms with Crippen molar-refractivity contribution in [2.75, 3.05) is 11.9 Å². The Hall–Kier alpha value is -2.23. The molecule has 0 aliphatic rings. The molecule has 0 bridgehead atoms. The molecule has 4 nitrogen and oxygen atoms in total. The third-order valence-electron chi connectivity index (χ3n) is 2.24. The average Bonchev–Trinajstić information content (AvgIpc) is 2.39. The van der Waals surface area contributed by atoms with Gasteiger partial charge < -0.3 is 4.90 Å². The van der Waals surface area contributed by atoms with E-state index in [0.29, 0.717) is 5.69 Å². The van der Waals surface area contributed by atoms with Crippen LogP contribution in [-0.4, -0.2) is 23.2 Å². The molecule has 4 heteroatoms.